The van der Waals surface area contributed by atoms with Crippen molar-refractivity contribution in [1.29, 1.82) is 0 Å². The second-order valence-electron chi connectivity index (χ2n) is 4.98. The van der Waals surface area contributed by atoms with Crippen LogP contribution in [0.5, 0.6) is 5.75 Å². The number of para-hydroxylation sites is 1. The molecule has 7 nitrogen and oxygen atoms in total. The number of unbranched alkanes of at least 4 members (excludes halogenated alkanes) is 1. The fourth-order valence-electron chi connectivity index (χ4n) is 1.84. The highest BCUT2D eigenvalue weighted by atomic mass is 16.5. The molecule has 7 heteroatoms. The number of carbonyl (C=O) groups is 3. The largest absolute Gasteiger partial charge is 0.493 e. The quantitative estimate of drug-likeness (QED) is 0.496. The lowest BCUT2D eigenvalue weighted by molar-refractivity contribution is -0.147. The van der Waals surface area contributed by atoms with Crippen LogP contribution in [0, 0.1) is 0 Å². The minimum absolute atomic E-state index is 0.318. The van der Waals surface area contributed by atoms with Crippen LogP contribution in [0.15, 0.2) is 24.3 Å². The van der Waals surface area contributed by atoms with Crippen LogP contribution in [0.25, 0.3) is 0 Å². The number of ether oxygens (including phenoxy) is 2. The molecule has 1 aromatic rings. The molecule has 0 aliphatic rings. The van der Waals surface area contributed by atoms with Gasteiger partial charge in [0.05, 0.1) is 12.2 Å². The van der Waals surface area contributed by atoms with Gasteiger partial charge in [-0.2, -0.15) is 0 Å². The Labute approximate surface area is 141 Å². The molecule has 24 heavy (non-hydrogen) atoms. The smallest absolute Gasteiger partial charge is 0.325 e. The van der Waals surface area contributed by atoms with Crippen LogP contribution in [0.3, 0.4) is 0 Å². The van der Waals surface area contributed by atoms with Crippen molar-refractivity contribution in [3.8, 4) is 5.75 Å². The predicted molar refractivity (Wildman–Crippen MR) is 88.8 cm³/mol. The second-order valence-corrected chi connectivity index (χ2v) is 4.98. The fraction of sp³-hybridized carbons (Fsp3) is 0.471. The van der Waals surface area contributed by atoms with E-state index in [0.29, 0.717) is 24.5 Å². The van der Waals surface area contributed by atoms with Gasteiger partial charge in [0.25, 0.3) is 11.8 Å². The number of hydrogen-bond donors (Lipinski definition) is 2. The molecule has 0 radical (unpaired) electrons. The molecule has 0 heterocycles. The average Bonchev–Trinajstić information content (AvgIpc) is 2.59. The number of nitrogens with one attached hydrogen (secondary N) is 2. The number of rotatable bonds is 10. The van der Waals surface area contributed by atoms with E-state index in [9.17, 15) is 14.4 Å². The third-order valence-corrected chi connectivity index (χ3v) is 3.04. The lowest BCUT2D eigenvalue weighted by atomic mass is 10.2. The Hall–Kier alpha value is -2.57. The van der Waals surface area contributed by atoms with Crippen LogP contribution in [-0.4, -0.2) is 44.1 Å². The van der Waals surface area contributed by atoms with E-state index in [1.54, 1.807) is 24.3 Å². The van der Waals surface area contributed by atoms with Crippen LogP contribution in [0.2, 0.25) is 0 Å². The topological polar surface area (TPSA) is 93.7 Å². The second kappa shape index (κ2) is 11.0. The van der Waals surface area contributed by atoms with E-state index in [1.807, 2.05) is 13.8 Å². The Bertz CT molecular complexity index is 560. The molecule has 0 aliphatic carbocycles. The van der Waals surface area contributed by atoms with Gasteiger partial charge in [-0.1, -0.05) is 25.5 Å². The molecule has 0 fully saturated rings. The zero-order valence-corrected chi connectivity index (χ0v) is 14.1. The summed E-state index contributed by atoms with van der Waals surface area (Å²) in [5.41, 5.74) is 0.337. The maximum atomic E-state index is 12.1. The number of hydrogen-bond acceptors (Lipinski definition) is 5. The summed E-state index contributed by atoms with van der Waals surface area (Å²) >= 11 is 0. The first-order valence-corrected chi connectivity index (χ1v) is 8.00. The van der Waals surface area contributed by atoms with Gasteiger partial charge in [0.2, 0.25) is 0 Å². The van der Waals surface area contributed by atoms with Crippen LogP contribution < -0.4 is 15.4 Å². The summed E-state index contributed by atoms with van der Waals surface area (Å²) < 4.78 is 10.2. The highest BCUT2D eigenvalue weighted by Crippen LogP contribution is 2.17. The third-order valence-electron chi connectivity index (χ3n) is 3.04. The first-order chi connectivity index (χ1) is 11.6. The molecule has 0 atom stereocenters. The zero-order valence-electron chi connectivity index (χ0n) is 14.1. The molecular formula is C17H24N2O5. The summed E-state index contributed by atoms with van der Waals surface area (Å²) in [6.45, 7) is 4.14. The van der Waals surface area contributed by atoms with Gasteiger partial charge >= 0.3 is 5.97 Å². The Kier molecular flexibility index (Phi) is 8.96. The maximum Gasteiger partial charge on any atom is 0.325 e. The van der Waals surface area contributed by atoms with E-state index in [4.69, 9.17) is 9.47 Å². The van der Waals surface area contributed by atoms with Crippen LogP contribution >= 0.6 is 0 Å². The van der Waals surface area contributed by atoms with E-state index < -0.39 is 11.9 Å². The summed E-state index contributed by atoms with van der Waals surface area (Å²) in [6, 6.07) is 6.74. The third kappa shape index (κ3) is 7.13. The SMILES string of the molecule is CCCCNC(=O)COC(=O)CNC(=O)c1ccccc1OCC. The molecule has 2 amide bonds. The van der Waals surface area contributed by atoms with Crippen molar-refractivity contribution < 1.29 is 23.9 Å². The lowest BCUT2D eigenvalue weighted by Crippen LogP contribution is -2.34. The minimum Gasteiger partial charge on any atom is -0.493 e. The number of esters is 1. The van der Waals surface area contributed by atoms with Gasteiger partial charge in [0, 0.05) is 6.54 Å². The van der Waals surface area contributed by atoms with Gasteiger partial charge in [-0.3, -0.25) is 14.4 Å². The highest BCUT2D eigenvalue weighted by Gasteiger charge is 2.14. The maximum absolute atomic E-state index is 12.1. The highest BCUT2D eigenvalue weighted by molar-refractivity contribution is 5.98. The normalized spacial score (nSPS) is 9.92. The van der Waals surface area contributed by atoms with Gasteiger partial charge in [0.15, 0.2) is 6.61 Å². The standard InChI is InChI=1S/C17H24N2O5/c1-3-5-10-18-15(20)12-24-16(21)11-19-17(22)13-8-6-7-9-14(13)23-4-2/h6-9H,3-5,10-12H2,1-2H3,(H,18,20)(H,19,22). The molecule has 1 aromatic carbocycles. The fourth-order valence-corrected chi connectivity index (χ4v) is 1.84. The van der Waals surface area contributed by atoms with Crippen molar-refractivity contribution in [2.75, 3.05) is 26.3 Å². The van der Waals surface area contributed by atoms with Crippen molar-refractivity contribution in [3.05, 3.63) is 29.8 Å². The van der Waals surface area contributed by atoms with Crippen molar-refractivity contribution in [2.24, 2.45) is 0 Å². The molecule has 132 valence electrons. The Morgan fingerprint density at radius 1 is 1.08 bits per heavy atom. The van der Waals surface area contributed by atoms with Crippen LogP contribution in [-0.2, 0) is 14.3 Å². The molecular weight excluding hydrogens is 312 g/mol. The van der Waals surface area contributed by atoms with Crippen LogP contribution in [0.4, 0.5) is 0 Å². The minimum atomic E-state index is -0.678. The molecule has 1 rings (SSSR count). The summed E-state index contributed by atoms with van der Waals surface area (Å²) in [7, 11) is 0. The van der Waals surface area contributed by atoms with Crippen molar-refractivity contribution >= 4 is 17.8 Å². The van der Waals surface area contributed by atoms with Gasteiger partial charge in [-0.25, -0.2) is 0 Å². The summed E-state index contributed by atoms with van der Waals surface area (Å²) in [5.74, 6) is -1.03. The van der Waals surface area contributed by atoms with E-state index in [2.05, 4.69) is 10.6 Å². The number of amides is 2. The molecule has 2 N–H and O–H groups in total. The summed E-state index contributed by atoms with van der Waals surface area (Å²) in [6.07, 6.45) is 1.84. The van der Waals surface area contributed by atoms with Gasteiger partial charge in [0.1, 0.15) is 12.3 Å². The monoisotopic (exact) mass is 336 g/mol. The van der Waals surface area contributed by atoms with Gasteiger partial charge in [-0.05, 0) is 25.5 Å². The first kappa shape index (κ1) is 19.5. The molecule has 0 saturated heterocycles. The summed E-state index contributed by atoms with van der Waals surface area (Å²) in [5, 5.41) is 5.08. The van der Waals surface area contributed by atoms with Crippen molar-refractivity contribution in [2.45, 2.75) is 26.7 Å². The molecule has 0 aliphatic heterocycles. The molecule has 0 saturated carbocycles. The number of carbonyl (C=O) groups excluding carboxylic acids is 3. The zero-order chi connectivity index (χ0) is 17.8. The van der Waals surface area contributed by atoms with E-state index in [1.165, 1.54) is 0 Å². The van der Waals surface area contributed by atoms with E-state index in [-0.39, 0.29) is 19.1 Å². The van der Waals surface area contributed by atoms with Crippen molar-refractivity contribution in [1.82, 2.24) is 10.6 Å². The average molecular weight is 336 g/mol. The van der Waals surface area contributed by atoms with E-state index in [0.717, 1.165) is 12.8 Å². The number of benzene rings is 1. The molecule has 0 unspecified atom stereocenters. The lowest BCUT2D eigenvalue weighted by Gasteiger charge is -2.10. The van der Waals surface area contributed by atoms with Gasteiger partial charge in [-0.15, -0.1) is 0 Å². The Morgan fingerprint density at radius 3 is 2.54 bits per heavy atom. The Morgan fingerprint density at radius 2 is 1.83 bits per heavy atom. The molecule has 0 aromatic heterocycles. The molecule has 0 bridgehead atoms. The van der Waals surface area contributed by atoms with E-state index >= 15 is 0 Å². The summed E-state index contributed by atoms with van der Waals surface area (Å²) in [4.78, 5) is 35.1. The predicted octanol–water partition coefficient (Wildman–Crippen LogP) is 1.27. The molecule has 0 spiro atoms. The van der Waals surface area contributed by atoms with Crippen LogP contribution in [0.1, 0.15) is 37.0 Å². The Balaban J connectivity index is 2.36. The first-order valence-electron chi connectivity index (χ1n) is 8.00. The van der Waals surface area contributed by atoms with Crippen molar-refractivity contribution in [3.63, 3.8) is 0 Å². The van der Waals surface area contributed by atoms with Gasteiger partial charge < -0.3 is 20.1 Å².